The standard InChI is InChI=1S/C25H40N2O4Si5/c1-32(2,3)28-34(6,7)30-36(10,11)31-35(8,9)29-33(4,5)25-16-14-21(15-17-25)22-12-13-23(19-26)24(18-22)20-27/h12-18H,1-11H3. The summed E-state index contributed by atoms with van der Waals surface area (Å²) < 4.78 is 26.4. The normalized spacial score (nSPS) is 13.2. The van der Waals surface area contributed by atoms with Gasteiger partial charge in [-0.25, -0.2) is 0 Å². The van der Waals surface area contributed by atoms with E-state index in [1.165, 1.54) is 5.19 Å². The van der Waals surface area contributed by atoms with Crippen molar-refractivity contribution in [2.24, 2.45) is 0 Å². The van der Waals surface area contributed by atoms with Gasteiger partial charge in [0.2, 0.25) is 8.32 Å². The van der Waals surface area contributed by atoms with E-state index in [1.54, 1.807) is 12.1 Å². The molecule has 0 amide bonds. The number of benzene rings is 2. The van der Waals surface area contributed by atoms with Gasteiger partial charge in [0.25, 0.3) is 0 Å². The average Bonchev–Trinajstić information content (AvgIpc) is 2.68. The summed E-state index contributed by atoms with van der Waals surface area (Å²) in [6, 6.07) is 17.8. The van der Waals surface area contributed by atoms with Crippen LogP contribution in [0, 0.1) is 22.7 Å². The van der Waals surface area contributed by atoms with Gasteiger partial charge in [-0.05, 0) is 100 Å². The molecular formula is C25H40N2O4Si5. The van der Waals surface area contributed by atoms with Crippen molar-refractivity contribution in [2.75, 3.05) is 0 Å². The zero-order valence-corrected chi connectivity index (χ0v) is 28.6. The molecule has 0 bridgehead atoms. The Hall–Kier alpha value is -1.66. The van der Waals surface area contributed by atoms with Gasteiger partial charge in [-0.2, -0.15) is 10.5 Å². The summed E-state index contributed by atoms with van der Waals surface area (Å²) >= 11 is 0. The van der Waals surface area contributed by atoms with Crippen LogP contribution in [0.5, 0.6) is 0 Å². The average molecular weight is 573 g/mol. The van der Waals surface area contributed by atoms with E-state index >= 15 is 0 Å². The highest BCUT2D eigenvalue weighted by Crippen LogP contribution is 2.27. The lowest BCUT2D eigenvalue weighted by molar-refractivity contribution is 0.300. The molecule has 0 fully saturated rings. The van der Waals surface area contributed by atoms with Crippen LogP contribution in [0.3, 0.4) is 0 Å². The molecule has 0 saturated heterocycles. The van der Waals surface area contributed by atoms with Crippen LogP contribution in [0.1, 0.15) is 11.1 Å². The molecule has 0 atom stereocenters. The van der Waals surface area contributed by atoms with Crippen molar-refractivity contribution in [3.05, 3.63) is 53.6 Å². The Kier molecular flexibility index (Phi) is 9.33. The van der Waals surface area contributed by atoms with E-state index in [2.05, 4.69) is 108 Å². The van der Waals surface area contributed by atoms with Crippen LogP contribution in [-0.2, 0) is 16.5 Å². The van der Waals surface area contributed by atoms with Crippen LogP contribution in [0.2, 0.25) is 72.0 Å². The molecule has 36 heavy (non-hydrogen) atoms. The molecule has 0 heterocycles. The molecule has 6 nitrogen and oxygen atoms in total. The van der Waals surface area contributed by atoms with Crippen molar-refractivity contribution in [2.45, 2.75) is 72.0 Å². The van der Waals surface area contributed by atoms with E-state index in [0.29, 0.717) is 11.1 Å². The summed E-state index contributed by atoms with van der Waals surface area (Å²) in [6.07, 6.45) is 0. The van der Waals surface area contributed by atoms with Crippen LogP contribution in [-0.4, -0.2) is 42.3 Å². The summed E-state index contributed by atoms with van der Waals surface area (Å²) in [6.45, 7) is 23.5. The minimum absolute atomic E-state index is 0.387. The van der Waals surface area contributed by atoms with Crippen LogP contribution in [0.4, 0.5) is 0 Å². The van der Waals surface area contributed by atoms with E-state index in [0.717, 1.165) is 11.1 Å². The van der Waals surface area contributed by atoms with E-state index in [1.807, 2.05) is 6.07 Å². The van der Waals surface area contributed by atoms with Crippen molar-refractivity contribution < 1.29 is 16.5 Å². The molecule has 0 aliphatic carbocycles. The molecule has 2 rings (SSSR count). The topological polar surface area (TPSA) is 84.5 Å². The van der Waals surface area contributed by atoms with Crippen LogP contribution < -0.4 is 5.19 Å². The second-order valence-corrected chi connectivity index (χ2v) is 31.3. The van der Waals surface area contributed by atoms with Gasteiger partial charge in [-0.1, -0.05) is 30.3 Å². The molecule has 0 radical (unpaired) electrons. The third kappa shape index (κ3) is 9.02. The second kappa shape index (κ2) is 11.0. The molecule has 2 aromatic carbocycles. The Bertz CT molecular complexity index is 1160. The van der Waals surface area contributed by atoms with Crippen molar-refractivity contribution in [1.82, 2.24) is 0 Å². The number of hydrogen-bond donors (Lipinski definition) is 0. The Morgan fingerprint density at radius 1 is 0.528 bits per heavy atom. The fraction of sp³-hybridized carbons (Fsp3) is 0.440. The Balaban J connectivity index is 2.17. The first-order valence-corrected chi connectivity index (χ1v) is 26.9. The first-order chi connectivity index (χ1) is 16.3. The quantitative estimate of drug-likeness (QED) is 0.302. The summed E-state index contributed by atoms with van der Waals surface area (Å²) in [7, 11) is -11.3. The summed E-state index contributed by atoms with van der Waals surface area (Å²) in [5.41, 5.74) is 2.68. The number of nitrogens with zero attached hydrogens (tertiary/aromatic N) is 2. The molecule has 0 aliphatic heterocycles. The molecule has 11 heteroatoms. The van der Waals surface area contributed by atoms with E-state index in [-0.39, 0.29) is 0 Å². The third-order valence-electron chi connectivity index (χ3n) is 5.21. The Labute approximate surface area is 222 Å². The summed E-state index contributed by atoms with van der Waals surface area (Å²) in [4.78, 5) is 0. The first kappa shape index (κ1) is 30.6. The van der Waals surface area contributed by atoms with Gasteiger partial charge >= 0.3 is 25.7 Å². The minimum Gasteiger partial charge on any atom is -0.437 e. The molecule has 194 valence electrons. The van der Waals surface area contributed by atoms with Crippen LogP contribution in [0.25, 0.3) is 11.1 Å². The lowest BCUT2D eigenvalue weighted by Crippen LogP contribution is -2.60. The molecule has 0 aliphatic rings. The van der Waals surface area contributed by atoms with Gasteiger partial charge in [-0.15, -0.1) is 0 Å². The van der Waals surface area contributed by atoms with Crippen LogP contribution >= 0.6 is 0 Å². The molecule has 0 spiro atoms. The predicted octanol–water partition coefficient (Wildman–Crippen LogP) is 6.52. The molecular weight excluding hydrogens is 533 g/mol. The zero-order valence-electron chi connectivity index (χ0n) is 23.6. The maximum atomic E-state index is 9.34. The summed E-state index contributed by atoms with van der Waals surface area (Å²) in [5, 5.41) is 19.7. The zero-order chi connectivity index (χ0) is 27.6. The lowest BCUT2D eigenvalue weighted by Gasteiger charge is -2.42. The largest absolute Gasteiger partial charge is 0.437 e. The molecule has 0 saturated carbocycles. The molecule has 0 aromatic heterocycles. The third-order valence-corrected chi connectivity index (χ3v) is 23.2. The highest BCUT2D eigenvalue weighted by Gasteiger charge is 2.45. The van der Waals surface area contributed by atoms with Crippen molar-refractivity contribution in [3.8, 4) is 23.3 Å². The van der Waals surface area contributed by atoms with Crippen LogP contribution in [0.15, 0.2) is 42.5 Å². The maximum absolute atomic E-state index is 9.34. The molecule has 0 N–H and O–H groups in total. The smallest absolute Gasteiger partial charge is 0.314 e. The predicted molar refractivity (Wildman–Crippen MR) is 159 cm³/mol. The SMILES string of the molecule is C[Si](C)(C)O[Si](C)(C)O[Si](C)(C)O[Si](C)(C)O[Si](C)(C)c1ccc(-c2ccc(C#N)c(C#N)c2)cc1. The van der Waals surface area contributed by atoms with Gasteiger partial charge in [0.1, 0.15) is 12.1 Å². The highest BCUT2D eigenvalue weighted by molar-refractivity contribution is 6.93. The van der Waals surface area contributed by atoms with Gasteiger partial charge in [0.05, 0.1) is 11.1 Å². The Morgan fingerprint density at radius 3 is 1.44 bits per heavy atom. The van der Waals surface area contributed by atoms with Gasteiger partial charge in [0.15, 0.2) is 8.32 Å². The number of nitriles is 2. The lowest BCUT2D eigenvalue weighted by atomic mass is 10.0. The monoisotopic (exact) mass is 572 g/mol. The van der Waals surface area contributed by atoms with E-state index < -0.39 is 42.3 Å². The molecule has 0 unspecified atom stereocenters. The number of rotatable bonds is 10. The van der Waals surface area contributed by atoms with Crippen molar-refractivity contribution >= 4 is 47.5 Å². The Morgan fingerprint density at radius 2 is 0.972 bits per heavy atom. The summed E-state index contributed by atoms with van der Waals surface area (Å²) in [5.74, 6) is 0. The van der Waals surface area contributed by atoms with Gasteiger partial charge in [0, 0.05) is 0 Å². The highest BCUT2D eigenvalue weighted by atomic mass is 28.5. The number of hydrogen-bond acceptors (Lipinski definition) is 6. The maximum Gasteiger partial charge on any atom is 0.314 e. The van der Waals surface area contributed by atoms with Crippen molar-refractivity contribution in [1.29, 1.82) is 10.5 Å². The van der Waals surface area contributed by atoms with Gasteiger partial charge in [-0.3, -0.25) is 0 Å². The van der Waals surface area contributed by atoms with E-state index in [9.17, 15) is 10.5 Å². The first-order valence-electron chi connectivity index (χ1n) is 12.1. The fourth-order valence-electron chi connectivity index (χ4n) is 4.63. The van der Waals surface area contributed by atoms with Crippen molar-refractivity contribution in [3.63, 3.8) is 0 Å². The minimum atomic E-state index is -2.51. The fourth-order valence-corrected chi connectivity index (χ4v) is 28.0. The second-order valence-electron chi connectivity index (χ2n) is 11.8. The van der Waals surface area contributed by atoms with E-state index in [4.69, 9.17) is 16.5 Å². The molecule has 2 aromatic rings. The van der Waals surface area contributed by atoms with Gasteiger partial charge < -0.3 is 16.5 Å².